The molecule has 0 aromatic heterocycles. The zero-order chi connectivity index (χ0) is 15.5. The van der Waals surface area contributed by atoms with Crippen molar-refractivity contribution in [1.29, 1.82) is 0 Å². The third-order valence-electron chi connectivity index (χ3n) is 3.85. The summed E-state index contributed by atoms with van der Waals surface area (Å²) in [5.74, 6) is -1.36. The van der Waals surface area contributed by atoms with Crippen molar-refractivity contribution in [3.63, 3.8) is 0 Å². The Kier molecular flexibility index (Phi) is 4.52. The summed E-state index contributed by atoms with van der Waals surface area (Å²) < 4.78 is 13.2. The van der Waals surface area contributed by atoms with Crippen LogP contribution in [0.15, 0.2) is 18.2 Å². The molecule has 0 spiro atoms. The number of rotatable bonds is 4. The number of carbonyl (C=O) groups excluding carboxylic acids is 1. The van der Waals surface area contributed by atoms with Gasteiger partial charge in [0.25, 0.3) is 11.6 Å². The molecule has 21 heavy (non-hydrogen) atoms. The highest BCUT2D eigenvalue weighted by Crippen LogP contribution is 2.25. The lowest BCUT2D eigenvalue weighted by atomic mass is 9.82. The average Bonchev–Trinajstić information content (AvgIpc) is 2.45. The molecular formula is C14H18FN3O3. The van der Waals surface area contributed by atoms with E-state index in [-0.39, 0.29) is 12.1 Å². The first-order valence-electron chi connectivity index (χ1n) is 6.92. The van der Waals surface area contributed by atoms with Crippen molar-refractivity contribution in [1.82, 2.24) is 5.32 Å². The smallest absolute Gasteiger partial charge is 0.282 e. The number of amides is 1. The van der Waals surface area contributed by atoms with Crippen LogP contribution < -0.4 is 11.1 Å². The Morgan fingerprint density at radius 3 is 2.67 bits per heavy atom. The van der Waals surface area contributed by atoms with E-state index in [9.17, 15) is 19.3 Å². The number of hydrogen-bond acceptors (Lipinski definition) is 4. The van der Waals surface area contributed by atoms with Crippen LogP contribution in [-0.4, -0.2) is 22.9 Å². The van der Waals surface area contributed by atoms with Crippen LogP contribution in [0.4, 0.5) is 10.1 Å². The predicted molar refractivity (Wildman–Crippen MR) is 75.4 cm³/mol. The van der Waals surface area contributed by atoms with E-state index in [1.807, 2.05) is 0 Å². The van der Waals surface area contributed by atoms with Gasteiger partial charge in [0.2, 0.25) is 0 Å². The van der Waals surface area contributed by atoms with Crippen molar-refractivity contribution in [3.05, 3.63) is 39.7 Å². The van der Waals surface area contributed by atoms with Gasteiger partial charge in [-0.15, -0.1) is 0 Å². The van der Waals surface area contributed by atoms with Crippen molar-refractivity contribution in [2.24, 2.45) is 5.73 Å². The largest absolute Gasteiger partial charge is 0.350 e. The van der Waals surface area contributed by atoms with Crippen LogP contribution in [0.2, 0.25) is 0 Å². The van der Waals surface area contributed by atoms with Crippen LogP contribution in [0.5, 0.6) is 0 Å². The molecule has 3 N–H and O–H groups in total. The molecule has 0 atom stereocenters. The zero-order valence-electron chi connectivity index (χ0n) is 11.6. The first-order valence-corrected chi connectivity index (χ1v) is 6.92. The molecule has 1 amide bonds. The molecule has 0 radical (unpaired) electrons. The second-order valence-corrected chi connectivity index (χ2v) is 5.52. The minimum atomic E-state index is -0.701. The molecule has 1 aromatic rings. The lowest BCUT2D eigenvalue weighted by molar-refractivity contribution is -0.385. The number of nitro benzene ring substituents is 1. The quantitative estimate of drug-likeness (QED) is 0.656. The van der Waals surface area contributed by atoms with Gasteiger partial charge in [-0.3, -0.25) is 14.9 Å². The van der Waals surface area contributed by atoms with E-state index in [1.54, 1.807) is 0 Å². The number of nitrogens with zero attached hydrogens (tertiary/aromatic N) is 1. The fraction of sp³-hybridized carbons (Fsp3) is 0.500. The highest BCUT2D eigenvalue weighted by molar-refractivity contribution is 5.98. The normalized spacial score (nSPS) is 17.2. The summed E-state index contributed by atoms with van der Waals surface area (Å²) in [4.78, 5) is 22.3. The van der Waals surface area contributed by atoms with Crippen LogP contribution >= 0.6 is 0 Å². The minimum absolute atomic E-state index is 0.236. The third kappa shape index (κ3) is 3.75. The van der Waals surface area contributed by atoms with E-state index in [0.29, 0.717) is 0 Å². The monoisotopic (exact) mass is 295 g/mol. The molecule has 7 heteroatoms. The molecule has 1 saturated carbocycles. The second-order valence-electron chi connectivity index (χ2n) is 5.52. The number of carbonyl (C=O) groups is 1. The van der Waals surface area contributed by atoms with Gasteiger partial charge >= 0.3 is 0 Å². The summed E-state index contributed by atoms with van der Waals surface area (Å²) in [5, 5.41) is 13.5. The topological polar surface area (TPSA) is 98.3 Å². The van der Waals surface area contributed by atoms with Crippen LogP contribution in [-0.2, 0) is 0 Å². The Morgan fingerprint density at radius 2 is 2.05 bits per heavy atom. The molecule has 0 heterocycles. The number of nitrogens with two attached hydrogens (primary N) is 1. The van der Waals surface area contributed by atoms with Gasteiger partial charge < -0.3 is 11.1 Å². The van der Waals surface area contributed by atoms with Crippen molar-refractivity contribution in [3.8, 4) is 0 Å². The Labute approximate surface area is 121 Å². The molecule has 0 bridgehead atoms. The van der Waals surface area contributed by atoms with E-state index >= 15 is 0 Å². The van der Waals surface area contributed by atoms with Gasteiger partial charge in [-0.25, -0.2) is 4.39 Å². The first kappa shape index (κ1) is 15.4. The molecule has 1 aliphatic carbocycles. The summed E-state index contributed by atoms with van der Waals surface area (Å²) in [7, 11) is 0. The zero-order valence-corrected chi connectivity index (χ0v) is 11.6. The Bertz CT molecular complexity index is 556. The van der Waals surface area contributed by atoms with Crippen LogP contribution in [0.25, 0.3) is 0 Å². The van der Waals surface area contributed by atoms with Gasteiger partial charge in [-0.1, -0.05) is 19.3 Å². The van der Waals surface area contributed by atoms with Gasteiger partial charge in [0.05, 0.1) is 4.92 Å². The van der Waals surface area contributed by atoms with Gasteiger partial charge in [0, 0.05) is 18.2 Å². The summed E-state index contributed by atoms with van der Waals surface area (Å²) in [5.41, 5.74) is 5.02. The molecule has 0 aliphatic heterocycles. The maximum atomic E-state index is 13.2. The van der Waals surface area contributed by atoms with Gasteiger partial charge in [0.15, 0.2) is 0 Å². The summed E-state index contributed by atoms with van der Waals surface area (Å²) in [6, 6.07) is 2.82. The number of halogens is 1. The van der Waals surface area contributed by atoms with Crippen LogP contribution in [0.3, 0.4) is 0 Å². The van der Waals surface area contributed by atoms with Crippen LogP contribution in [0, 0.1) is 15.9 Å². The molecule has 0 saturated heterocycles. The molecule has 2 rings (SSSR count). The van der Waals surface area contributed by atoms with Crippen molar-refractivity contribution < 1.29 is 14.1 Å². The number of nitro groups is 1. The van der Waals surface area contributed by atoms with Gasteiger partial charge in [0.1, 0.15) is 11.4 Å². The second kappa shape index (κ2) is 6.17. The van der Waals surface area contributed by atoms with E-state index in [0.717, 1.165) is 50.3 Å². The third-order valence-corrected chi connectivity index (χ3v) is 3.85. The number of hydrogen-bond donors (Lipinski definition) is 2. The Morgan fingerprint density at radius 1 is 1.38 bits per heavy atom. The maximum absolute atomic E-state index is 13.2. The molecule has 1 fully saturated rings. The van der Waals surface area contributed by atoms with E-state index in [1.165, 1.54) is 0 Å². The lowest BCUT2D eigenvalue weighted by Gasteiger charge is -2.33. The van der Waals surface area contributed by atoms with E-state index in [4.69, 9.17) is 5.73 Å². The fourth-order valence-electron chi connectivity index (χ4n) is 2.63. The molecule has 114 valence electrons. The molecule has 0 unspecified atom stereocenters. The number of nitrogens with one attached hydrogen (secondary N) is 1. The minimum Gasteiger partial charge on any atom is -0.350 e. The highest BCUT2D eigenvalue weighted by Gasteiger charge is 2.29. The molecule has 1 aliphatic rings. The summed E-state index contributed by atoms with van der Waals surface area (Å²) in [6.07, 6.45) is 4.75. The predicted octanol–water partition coefficient (Wildman–Crippen LogP) is 2.13. The fourth-order valence-corrected chi connectivity index (χ4v) is 2.63. The molecule has 6 nitrogen and oxygen atoms in total. The first-order chi connectivity index (χ1) is 9.91. The van der Waals surface area contributed by atoms with Gasteiger partial charge in [-0.05, 0) is 25.0 Å². The number of benzene rings is 1. The van der Waals surface area contributed by atoms with Crippen LogP contribution in [0.1, 0.15) is 42.5 Å². The standard InChI is InChI=1S/C14H18FN3O3/c15-10-4-5-12(18(20)21)11(8-10)13(19)17-9-14(16)6-2-1-3-7-14/h4-5,8H,1-3,6-7,9,16H2,(H,17,19). The molecular weight excluding hydrogens is 277 g/mol. The lowest BCUT2D eigenvalue weighted by Crippen LogP contribution is -2.51. The van der Waals surface area contributed by atoms with Crippen molar-refractivity contribution in [2.75, 3.05) is 6.54 Å². The highest BCUT2D eigenvalue weighted by atomic mass is 19.1. The Balaban J connectivity index is 2.09. The summed E-state index contributed by atoms with van der Waals surface area (Å²) in [6.45, 7) is 0.236. The van der Waals surface area contributed by atoms with E-state index < -0.39 is 27.9 Å². The molecule has 1 aromatic carbocycles. The Hall–Kier alpha value is -2.02. The van der Waals surface area contributed by atoms with E-state index in [2.05, 4.69) is 5.32 Å². The maximum Gasteiger partial charge on any atom is 0.282 e. The van der Waals surface area contributed by atoms with Gasteiger partial charge in [-0.2, -0.15) is 0 Å². The summed E-state index contributed by atoms with van der Waals surface area (Å²) >= 11 is 0. The SMILES string of the molecule is NC1(CNC(=O)c2cc(F)ccc2[N+](=O)[O-])CCCCC1. The average molecular weight is 295 g/mol. The van der Waals surface area contributed by atoms with Crippen molar-refractivity contribution >= 4 is 11.6 Å². The van der Waals surface area contributed by atoms with Crippen molar-refractivity contribution in [2.45, 2.75) is 37.6 Å².